The fraction of sp³-hybridized carbons (Fsp3) is 0.714. The largest absolute Gasteiger partial charge is 0.465 e. The normalized spacial score (nSPS) is 16.3. The molecule has 0 aromatic heterocycles. The summed E-state index contributed by atoms with van der Waals surface area (Å²) < 4.78 is 16.4. The molecule has 1 aliphatic heterocycles. The van der Waals surface area contributed by atoms with Crippen LogP contribution >= 0.6 is 0 Å². The number of rotatable bonds is 11. The van der Waals surface area contributed by atoms with E-state index in [0.717, 1.165) is 0 Å². The van der Waals surface area contributed by atoms with Gasteiger partial charge in [-0.15, -0.1) is 5.06 Å². The van der Waals surface area contributed by atoms with Crippen LogP contribution in [0.4, 0.5) is 0 Å². The van der Waals surface area contributed by atoms with E-state index in [4.69, 9.17) is 0 Å². The summed E-state index contributed by atoms with van der Waals surface area (Å²) in [4.78, 5) is 60.5. The van der Waals surface area contributed by atoms with E-state index in [9.17, 15) is 33.5 Å². The number of nitro groups is 1. The second-order valence-electron chi connectivity index (χ2n) is 5.43. The first kappa shape index (κ1) is 21.7. The molecule has 0 aromatic carbocycles. The van der Waals surface area contributed by atoms with Gasteiger partial charge in [0.1, 0.15) is 5.75 Å². The van der Waals surface area contributed by atoms with Gasteiger partial charge in [0.15, 0.2) is 0 Å². The van der Waals surface area contributed by atoms with Gasteiger partial charge < -0.3 is 9.57 Å². The van der Waals surface area contributed by atoms with Crippen LogP contribution in [0, 0.1) is 10.1 Å². The number of hydrogen-bond donors (Lipinski definition) is 0. The van der Waals surface area contributed by atoms with Crippen molar-refractivity contribution < 1.29 is 37.9 Å². The molecule has 1 heterocycles. The van der Waals surface area contributed by atoms with Crippen molar-refractivity contribution in [2.75, 3.05) is 18.1 Å². The lowest BCUT2D eigenvalue weighted by Gasteiger charge is -2.13. The highest BCUT2D eigenvalue weighted by Crippen LogP contribution is 2.14. The van der Waals surface area contributed by atoms with Gasteiger partial charge in [-0.25, -0.2) is 4.79 Å². The molecule has 26 heavy (non-hydrogen) atoms. The second kappa shape index (κ2) is 10.6. The Balaban J connectivity index is 2.39. The zero-order chi connectivity index (χ0) is 19.7. The molecule has 0 aromatic rings. The zero-order valence-electron chi connectivity index (χ0n) is 14.2. The molecule has 1 fully saturated rings. The minimum absolute atomic E-state index is 0.0260. The van der Waals surface area contributed by atoms with E-state index in [2.05, 4.69) is 9.57 Å². The Kier molecular flexibility index (Phi) is 8.82. The first-order valence-electron chi connectivity index (χ1n) is 7.95. The Morgan fingerprint density at radius 2 is 1.88 bits per heavy atom. The van der Waals surface area contributed by atoms with Gasteiger partial charge in [-0.2, -0.15) is 0 Å². The Bertz CT molecular complexity index is 591. The predicted molar refractivity (Wildman–Crippen MR) is 86.3 cm³/mol. The van der Waals surface area contributed by atoms with Gasteiger partial charge in [0.2, 0.25) is 6.04 Å². The third-order valence-corrected chi connectivity index (χ3v) is 4.69. The molecule has 0 spiro atoms. The molecular formula is C14H20N2O9S. The number of imide groups is 1. The molecule has 2 amide bonds. The van der Waals surface area contributed by atoms with Crippen molar-refractivity contribution in [3.63, 3.8) is 0 Å². The van der Waals surface area contributed by atoms with E-state index >= 15 is 0 Å². The van der Waals surface area contributed by atoms with Crippen molar-refractivity contribution in [3.05, 3.63) is 10.1 Å². The predicted octanol–water partition coefficient (Wildman–Crippen LogP) is -0.279. The molecule has 0 radical (unpaired) electrons. The minimum atomic E-state index is -1.76. The van der Waals surface area contributed by atoms with Gasteiger partial charge in [0.25, 0.3) is 11.8 Å². The molecule has 1 rings (SSSR count). The molecule has 146 valence electrons. The summed E-state index contributed by atoms with van der Waals surface area (Å²) in [5, 5.41) is 11.4. The quantitative estimate of drug-likeness (QED) is 0.200. The summed E-state index contributed by atoms with van der Waals surface area (Å²) >= 11 is 0. The average Bonchev–Trinajstić information content (AvgIpc) is 2.85. The van der Waals surface area contributed by atoms with Crippen LogP contribution in [0.3, 0.4) is 0 Å². The van der Waals surface area contributed by atoms with Gasteiger partial charge in [-0.3, -0.25) is 28.7 Å². The van der Waals surface area contributed by atoms with Crippen LogP contribution in [0.15, 0.2) is 0 Å². The third kappa shape index (κ3) is 7.25. The Hall–Kier alpha value is -2.37. The van der Waals surface area contributed by atoms with Crippen molar-refractivity contribution in [1.82, 2.24) is 5.06 Å². The van der Waals surface area contributed by atoms with Crippen LogP contribution in [0.1, 0.15) is 39.0 Å². The topological polar surface area (TPSA) is 150 Å². The fourth-order valence-electron chi connectivity index (χ4n) is 2.14. The maximum absolute atomic E-state index is 11.8. The molecule has 0 N–H and O–H groups in total. The van der Waals surface area contributed by atoms with Crippen molar-refractivity contribution in [2.24, 2.45) is 0 Å². The lowest BCUT2D eigenvalue weighted by Crippen LogP contribution is -2.32. The van der Waals surface area contributed by atoms with Crippen LogP contribution in [0.25, 0.3) is 0 Å². The number of carbonyl (C=O) groups is 4. The highest BCUT2D eigenvalue weighted by molar-refractivity contribution is 7.85. The Labute approximate surface area is 151 Å². The van der Waals surface area contributed by atoms with Gasteiger partial charge in [0, 0.05) is 41.4 Å². The number of esters is 1. The summed E-state index contributed by atoms with van der Waals surface area (Å²) in [6, 6.07) is -1.20. The monoisotopic (exact) mass is 392 g/mol. The van der Waals surface area contributed by atoms with E-state index in [1.54, 1.807) is 6.92 Å². The summed E-state index contributed by atoms with van der Waals surface area (Å²) in [7, 11) is -1.76. The SMILES string of the molecule is CCOC(=O)CS(=O)CC(CCCC(=O)ON1C(=O)CCC1=O)[N+](=O)[O-]. The smallest absolute Gasteiger partial charge is 0.333 e. The summed E-state index contributed by atoms with van der Waals surface area (Å²) in [5.74, 6) is -3.55. The molecule has 1 saturated heterocycles. The number of hydroxylamine groups is 2. The molecule has 1 aliphatic rings. The molecule has 0 aliphatic carbocycles. The number of nitrogens with zero attached hydrogens (tertiary/aromatic N) is 2. The fourth-order valence-corrected chi connectivity index (χ4v) is 3.33. The van der Waals surface area contributed by atoms with Gasteiger partial charge in [-0.05, 0) is 13.3 Å². The average molecular weight is 392 g/mol. The Morgan fingerprint density at radius 1 is 1.27 bits per heavy atom. The Morgan fingerprint density at radius 3 is 2.42 bits per heavy atom. The maximum atomic E-state index is 11.8. The lowest BCUT2D eigenvalue weighted by atomic mass is 10.1. The highest BCUT2D eigenvalue weighted by Gasteiger charge is 2.33. The highest BCUT2D eigenvalue weighted by atomic mass is 32.2. The lowest BCUT2D eigenvalue weighted by molar-refractivity contribution is -0.517. The molecular weight excluding hydrogens is 372 g/mol. The van der Waals surface area contributed by atoms with E-state index in [-0.39, 0.29) is 44.5 Å². The minimum Gasteiger partial charge on any atom is -0.465 e. The van der Waals surface area contributed by atoms with Crippen molar-refractivity contribution in [3.8, 4) is 0 Å². The van der Waals surface area contributed by atoms with Crippen LogP contribution in [-0.2, 0) is 39.6 Å². The number of carbonyl (C=O) groups excluding carboxylic acids is 4. The molecule has 0 saturated carbocycles. The summed E-state index contributed by atoms with van der Waals surface area (Å²) in [5.41, 5.74) is 0. The molecule has 12 heteroatoms. The van der Waals surface area contributed by atoms with Gasteiger partial charge in [-0.1, -0.05) is 0 Å². The second-order valence-corrected chi connectivity index (χ2v) is 6.93. The van der Waals surface area contributed by atoms with Crippen LogP contribution < -0.4 is 0 Å². The first-order valence-corrected chi connectivity index (χ1v) is 9.44. The van der Waals surface area contributed by atoms with Crippen LogP contribution in [0.5, 0.6) is 0 Å². The summed E-state index contributed by atoms with van der Waals surface area (Å²) in [6.07, 6.45) is -0.328. The van der Waals surface area contributed by atoms with Gasteiger partial charge in [0.05, 0.1) is 12.4 Å². The maximum Gasteiger partial charge on any atom is 0.333 e. The van der Waals surface area contributed by atoms with E-state index in [1.807, 2.05) is 0 Å². The third-order valence-electron chi connectivity index (χ3n) is 3.38. The molecule has 0 bridgehead atoms. The van der Waals surface area contributed by atoms with Crippen molar-refractivity contribution in [2.45, 2.75) is 45.1 Å². The van der Waals surface area contributed by atoms with E-state index in [1.165, 1.54) is 0 Å². The standard InChI is InChI=1S/C14H20N2O9S/c1-2-24-14(20)9-26(23)8-10(16(21)22)4-3-5-13(19)25-15-11(17)6-7-12(15)18/h10H,2-9H2,1H3. The zero-order valence-corrected chi connectivity index (χ0v) is 15.0. The molecule has 2 atom stereocenters. The van der Waals surface area contributed by atoms with Crippen LogP contribution in [0.2, 0.25) is 0 Å². The number of ether oxygens (including phenoxy) is 1. The molecule has 11 nitrogen and oxygen atoms in total. The molecule has 2 unspecified atom stereocenters. The number of amides is 2. The summed E-state index contributed by atoms with van der Waals surface area (Å²) in [6.45, 7) is 1.71. The van der Waals surface area contributed by atoms with Crippen molar-refractivity contribution in [1.29, 1.82) is 0 Å². The van der Waals surface area contributed by atoms with Gasteiger partial charge >= 0.3 is 11.9 Å². The van der Waals surface area contributed by atoms with E-state index < -0.39 is 51.3 Å². The first-order chi connectivity index (χ1) is 12.2. The number of hydrogen-bond acceptors (Lipinski definition) is 9. The van der Waals surface area contributed by atoms with Crippen LogP contribution in [-0.4, -0.2) is 62.1 Å². The van der Waals surface area contributed by atoms with E-state index in [0.29, 0.717) is 5.06 Å². The van der Waals surface area contributed by atoms with Crippen molar-refractivity contribution >= 4 is 34.6 Å².